The zero-order valence-electron chi connectivity index (χ0n) is 11.6. The molecule has 1 aromatic rings. The van der Waals surface area contributed by atoms with Crippen LogP contribution in [0.2, 0.25) is 5.02 Å². The number of carbonyl (C=O) groups is 1. The van der Waals surface area contributed by atoms with Crippen molar-refractivity contribution in [3.63, 3.8) is 0 Å². The van der Waals surface area contributed by atoms with Crippen molar-refractivity contribution in [3.8, 4) is 0 Å². The Kier molecular flexibility index (Phi) is 5.40. The third-order valence-electron chi connectivity index (χ3n) is 3.87. The summed E-state index contributed by atoms with van der Waals surface area (Å²) in [5.74, 6) is 0.0712. The molecule has 1 unspecified atom stereocenters. The fraction of sp³-hybridized carbons (Fsp3) is 0.533. The number of hydrogen-bond donors (Lipinski definition) is 1. The van der Waals surface area contributed by atoms with Gasteiger partial charge in [-0.2, -0.15) is 0 Å². The molecule has 1 aliphatic heterocycles. The van der Waals surface area contributed by atoms with E-state index >= 15 is 0 Å². The lowest BCUT2D eigenvalue weighted by molar-refractivity contribution is -0.137. The van der Waals surface area contributed by atoms with Crippen LogP contribution >= 0.6 is 11.6 Å². The van der Waals surface area contributed by atoms with E-state index in [4.69, 9.17) is 21.4 Å². The van der Waals surface area contributed by atoms with Gasteiger partial charge < -0.3 is 14.7 Å². The topological polar surface area (TPSA) is 49.8 Å². The molecule has 1 N–H and O–H groups in total. The predicted molar refractivity (Wildman–Crippen MR) is 77.6 cm³/mol. The molecule has 1 amide bonds. The summed E-state index contributed by atoms with van der Waals surface area (Å²) in [5, 5.41) is 9.78. The second-order valence-electron chi connectivity index (χ2n) is 5.11. The molecule has 1 aromatic carbocycles. The van der Waals surface area contributed by atoms with Gasteiger partial charge in [0.25, 0.3) is 0 Å². The van der Waals surface area contributed by atoms with Gasteiger partial charge in [0.05, 0.1) is 6.04 Å². The minimum absolute atomic E-state index is 0.0455. The summed E-state index contributed by atoms with van der Waals surface area (Å²) in [6.45, 7) is 0.968. The number of aliphatic hydroxyl groups is 1. The van der Waals surface area contributed by atoms with E-state index in [-0.39, 0.29) is 11.9 Å². The van der Waals surface area contributed by atoms with Gasteiger partial charge in [0, 0.05) is 25.3 Å². The molecule has 20 heavy (non-hydrogen) atoms. The first-order chi connectivity index (χ1) is 9.63. The molecule has 0 spiro atoms. The average Bonchev–Trinajstić information content (AvgIpc) is 2.49. The Morgan fingerprint density at radius 1 is 1.40 bits per heavy atom. The van der Waals surface area contributed by atoms with E-state index in [1.807, 2.05) is 24.3 Å². The maximum atomic E-state index is 11.9. The lowest BCUT2D eigenvalue weighted by Crippen LogP contribution is -2.39. The molecule has 0 radical (unpaired) electrons. The molecule has 0 bridgehead atoms. The number of nitrogens with zero attached hydrogens (tertiary/aromatic N) is 1. The summed E-state index contributed by atoms with van der Waals surface area (Å²) in [4.78, 5) is 13.5. The van der Waals surface area contributed by atoms with Gasteiger partial charge in [-0.15, -0.1) is 0 Å². The quantitative estimate of drug-likeness (QED) is 0.927. The molecule has 110 valence electrons. The molecule has 0 aromatic heterocycles. The Bertz CT molecular complexity index is 443. The van der Waals surface area contributed by atoms with Gasteiger partial charge in [-0.05, 0) is 36.5 Å². The van der Waals surface area contributed by atoms with Crippen LogP contribution in [0, 0.1) is 5.92 Å². The molecule has 1 heterocycles. The summed E-state index contributed by atoms with van der Waals surface area (Å²) in [5.41, 5.74) is 1.05. The van der Waals surface area contributed by atoms with Crippen molar-refractivity contribution in [1.29, 1.82) is 0 Å². The monoisotopic (exact) mass is 297 g/mol. The van der Waals surface area contributed by atoms with Crippen molar-refractivity contribution in [2.24, 2.45) is 5.92 Å². The van der Waals surface area contributed by atoms with Crippen LogP contribution < -0.4 is 0 Å². The third kappa shape index (κ3) is 3.51. The van der Waals surface area contributed by atoms with Crippen molar-refractivity contribution in [3.05, 3.63) is 34.9 Å². The number of halogens is 1. The number of ether oxygens (including phenoxy) is 1. The van der Waals surface area contributed by atoms with Gasteiger partial charge in [-0.3, -0.25) is 4.79 Å². The van der Waals surface area contributed by atoms with Crippen LogP contribution in [0.5, 0.6) is 0 Å². The summed E-state index contributed by atoms with van der Waals surface area (Å²) < 4.78 is 5.40. The normalized spacial score (nSPS) is 17.8. The van der Waals surface area contributed by atoms with Crippen molar-refractivity contribution in [2.45, 2.75) is 18.9 Å². The third-order valence-corrected chi connectivity index (χ3v) is 4.12. The highest BCUT2D eigenvalue weighted by atomic mass is 35.5. The van der Waals surface area contributed by atoms with E-state index in [1.165, 1.54) is 0 Å². The summed E-state index contributed by atoms with van der Waals surface area (Å²) in [6, 6.07) is 7.52. The van der Waals surface area contributed by atoms with Gasteiger partial charge in [-0.25, -0.2) is 0 Å². The Labute approximate surface area is 124 Å². The lowest BCUT2D eigenvalue weighted by Gasteiger charge is -2.37. The molecular formula is C15H20ClNO3. The summed E-state index contributed by atoms with van der Waals surface area (Å²) in [6.07, 6.45) is 1.83. The van der Waals surface area contributed by atoms with Crippen molar-refractivity contribution in [2.75, 3.05) is 26.9 Å². The van der Waals surface area contributed by atoms with Crippen molar-refractivity contribution in [1.82, 2.24) is 4.90 Å². The summed E-state index contributed by atoms with van der Waals surface area (Å²) >= 11 is 5.93. The van der Waals surface area contributed by atoms with Gasteiger partial charge in [0.1, 0.15) is 6.61 Å². The van der Waals surface area contributed by atoms with E-state index in [9.17, 15) is 4.79 Å². The Balaban J connectivity index is 2.27. The number of rotatable bonds is 4. The Morgan fingerprint density at radius 3 is 2.55 bits per heavy atom. The Morgan fingerprint density at radius 2 is 2.00 bits per heavy atom. The highest BCUT2D eigenvalue weighted by molar-refractivity contribution is 6.30. The van der Waals surface area contributed by atoms with Gasteiger partial charge in [0.2, 0.25) is 5.91 Å². The zero-order chi connectivity index (χ0) is 14.5. The molecule has 1 saturated heterocycles. The van der Waals surface area contributed by atoms with Gasteiger partial charge in [-0.1, -0.05) is 23.7 Å². The minimum atomic E-state index is -0.468. The SMILES string of the molecule is CN(C(=O)CO)C(c1ccc(Cl)cc1)C1CCOCC1. The number of aliphatic hydroxyl groups excluding tert-OH is 1. The molecule has 5 heteroatoms. The fourth-order valence-electron chi connectivity index (χ4n) is 2.77. The van der Waals surface area contributed by atoms with Crippen LogP contribution in [0.25, 0.3) is 0 Å². The number of likely N-dealkylation sites (N-methyl/N-ethyl adjacent to an activating group) is 1. The highest BCUT2D eigenvalue weighted by Gasteiger charge is 2.30. The first kappa shape index (κ1) is 15.3. The molecule has 1 aliphatic rings. The van der Waals surface area contributed by atoms with Crippen molar-refractivity contribution >= 4 is 17.5 Å². The highest BCUT2D eigenvalue weighted by Crippen LogP contribution is 2.34. The predicted octanol–water partition coefficient (Wildman–Crippen LogP) is 2.26. The van der Waals surface area contributed by atoms with E-state index in [1.54, 1.807) is 11.9 Å². The van der Waals surface area contributed by atoms with Crippen LogP contribution in [0.3, 0.4) is 0 Å². The number of benzene rings is 1. The standard InChI is InChI=1S/C15H20ClNO3/c1-17(14(19)10-18)15(12-6-8-20-9-7-12)11-2-4-13(16)5-3-11/h2-5,12,15,18H,6-10H2,1H3. The molecule has 0 saturated carbocycles. The van der Waals surface area contributed by atoms with Gasteiger partial charge in [0.15, 0.2) is 0 Å². The smallest absolute Gasteiger partial charge is 0.248 e. The second-order valence-corrected chi connectivity index (χ2v) is 5.55. The van der Waals surface area contributed by atoms with Crippen molar-refractivity contribution < 1.29 is 14.6 Å². The lowest BCUT2D eigenvalue weighted by atomic mass is 9.86. The van der Waals surface area contributed by atoms with Crippen LogP contribution in [-0.4, -0.2) is 42.8 Å². The first-order valence-electron chi connectivity index (χ1n) is 6.83. The largest absolute Gasteiger partial charge is 0.387 e. The molecule has 4 nitrogen and oxygen atoms in total. The average molecular weight is 298 g/mol. The van der Waals surface area contributed by atoms with Crippen LogP contribution in [-0.2, 0) is 9.53 Å². The fourth-order valence-corrected chi connectivity index (χ4v) is 2.90. The van der Waals surface area contributed by atoms with Crippen LogP contribution in [0.15, 0.2) is 24.3 Å². The maximum Gasteiger partial charge on any atom is 0.248 e. The number of amides is 1. The van der Waals surface area contributed by atoms with E-state index in [0.717, 1.165) is 31.6 Å². The molecule has 1 fully saturated rings. The Hall–Kier alpha value is -1.10. The molecule has 1 atom stereocenters. The zero-order valence-corrected chi connectivity index (χ0v) is 12.3. The maximum absolute atomic E-state index is 11.9. The molecule has 2 rings (SSSR count). The number of carbonyl (C=O) groups excluding carboxylic acids is 1. The number of hydrogen-bond acceptors (Lipinski definition) is 3. The minimum Gasteiger partial charge on any atom is -0.387 e. The second kappa shape index (κ2) is 7.07. The van der Waals surface area contributed by atoms with E-state index in [2.05, 4.69) is 0 Å². The first-order valence-corrected chi connectivity index (χ1v) is 7.21. The van der Waals surface area contributed by atoms with E-state index in [0.29, 0.717) is 10.9 Å². The van der Waals surface area contributed by atoms with Gasteiger partial charge >= 0.3 is 0 Å². The van der Waals surface area contributed by atoms with E-state index < -0.39 is 6.61 Å². The molecule has 0 aliphatic carbocycles. The summed E-state index contributed by atoms with van der Waals surface area (Å²) in [7, 11) is 1.74. The van der Waals surface area contributed by atoms with Crippen LogP contribution in [0.4, 0.5) is 0 Å². The van der Waals surface area contributed by atoms with Crippen LogP contribution in [0.1, 0.15) is 24.4 Å². The molecular weight excluding hydrogens is 278 g/mol.